The highest BCUT2D eigenvalue weighted by molar-refractivity contribution is 6.33. The summed E-state index contributed by atoms with van der Waals surface area (Å²) in [5.74, 6) is 0.285. The van der Waals surface area contributed by atoms with Crippen LogP contribution in [0.5, 0.6) is 0 Å². The maximum atomic E-state index is 12.3. The molecule has 0 spiro atoms. The lowest BCUT2D eigenvalue weighted by atomic mass is 10.1. The van der Waals surface area contributed by atoms with Gasteiger partial charge >= 0.3 is 0 Å². The van der Waals surface area contributed by atoms with E-state index in [1.807, 2.05) is 38.1 Å². The number of nitrogens with zero attached hydrogens (tertiary/aromatic N) is 2. The molecule has 1 aromatic carbocycles. The van der Waals surface area contributed by atoms with Crippen molar-refractivity contribution in [1.29, 1.82) is 0 Å². The maximum absolute atomic E-state index is 12.3. The van der Waals surface area contributed by atoms with Gasteiger partial charge in [0.2, 0.25) is 0 Å². The zero-order valence-corrected chi connectivity index (χ0v) is 14.1. The molecule has 0 bridgehead atoms. The number of carbonyl (C=O) groups is 1. The summed E-state index contributed by atoms with van der Waals surface area (Å²) in [5.41, 5.74) is 4.35. The van der Waals surface area contributed by atoms with Gasteiger partial charge in [0.05, 0.1) is 0 Å². The molecular weight excluding hydrogens is 322 g/mol. The lowest BCUT2D eigenvalue weighted by molar-refractivity contribution is 0.102. The Bertz CT molecular complexity index is 891. The Kier molecular flexibility index (Phi) is 4.58. The Balaban J connectivity index is 1.81. The maximum Gasteiger partial charge on any atom is 0.257 e. The number of carbonyl (C=O) groups excluding carboxylic acids is 1. The summed E-state index contributed by atoms with van der Waals surface area (Å²) in [4.78, 5) is 20.6. The molecule has 0 radical (unpaired) electrons. The van der Waals surface area contributed by atoms with E-state index in [2.05, 4.69) is 15.3 Å². The molecule has 3 aromatic rings. The van der Waals surface area contributed by atoms with Gasteiger partial charge in [0.1, 0.15) is 5.82 Å². The molecule has 0 aliphatic carbocycles. The van der Waals surface area contributed by atoms with Crippen LogP contribution in [0.1, 0.15) is 21.5 Å². The van der Waals surface area contributed by atoms with Crippen molar-refractivity contribution in [2.45, 2.75) is 13.8 Å². The lowest BCUT2D eigenvalue weighted by Crippen LogP contribution is -2.14. The highest BCUT2D eigenvalue weighted by atomic mass is 35.5. The molecule has 120 valence electrons. The fraction of sp³-hybridized carbons (Fsp3) is 0.105. The van der Waals surface area contributed by atoms with Gasteiger partial charge in [-0.15, -0.1) is 0 Å². The van der Waals surface area contributed by atoms with Crippen molar-refractivity contribution in [2.24, 2.45) is 0 Å². The van der Waals surface area contributed by atoms with Crippen LogP contribution in [0, 0.1) is 13.8 Å². The van der Waals surface area contributed by atoms with Gasteiger partial charge in [-0.05, 0) is 49.7 Å². The standard InChI is InChI=1S/C19H16ClN3O/c1-12-3-5-17(20)16(9-12)14-4-6-18(22-11-14)23-19(24)15-7-8-21-10-13(15)2/h3-11H,1-2H3,(H,22,23,24). The van der Waals surface area contributed by atoms with Crippen LogP contribution in [0.15, 0.2) is 55.0 Å². The number of nitrogens with one attached hydrogen (secondary N) is 1. The quantitative estimate of drug-likeness (QED) is 0.755. The van der Waals surface area contributed by atoms with E-state index in [9.17, 15) is 4.79 Å². The van der Waals surface area contributed by atoms with E-state index >= 15 is 0 Å². The second kappa shape index (κ2) is 6.81. The third kappa shape index (κ3) is 3.44. The number of pyridine rings is 2. The molecule has 2 aromatic heterocycles. The van der Waals surface area contributed by atoms with Crippen molar-refractivity contribution in [3.05, 3.63) is 76.7 Å². The summed E-state index contributed by atoms with van der Waals surface area (Å²) < 4.78 is 0. The first-order valence-electron chi connectivity index (χ1n) is 7.49. The minimum atomic E-state index is -0.205. The van der Waals surface area contributed by atoms with Gasteiger partial charge in [0.25, 0.3) is 5.91 Å². The van der Waals surface area contributed by atoms with E-state index in [-0.39, 0.29) is 5.91 Å². The number of benzene rings is 1. The minimum Gasteiger partial charge on any atom is -0.307 e. The smallest absolute Gasteiger partial charge is 0.257 e. The van der Waals surface area contributed by atoms with Crippen LogP contribution >= 0.6 is 11.6 Å². The fourth-order valence-electron chi connectivity index (χ4n) is 2.40. The molecule has 1 N–H and O–H groups in total. The van der Waals surface area contributed by atoms with Gasteiger partial charge in [0.15, 0.2) is 0 Å². The second-order valence-electron chi connectivity index (χ2n) is 5.56. The monoisotopic (exact) mass is 337 g/mol. The molecule has 3 rings (SSSR count). The Labute approximate surface area is 145 Å². The first-order chi connectivity index (χ1) is 11.5. The van der Waals surface area contributed by atoms with Crippen molar-refractivity contribution in [3.63, 3.8) is 0 Å². The number of aromatic nitrogens is 2. The second-order valence-corrected chi connectivity index (χ2v) is 5.97. The molecule has 0 unspecified atom stereocenters. The van der Waals surface area contributed by atoms with Crippen LogP contribution in [0.25, 0.3) is 11.1 Å². The highest BCUT2D eigenvalue weighted by Crippen LogP contribution is 2.28. The number of hydrogen-bond donors (Lipinski definition) is 1. The third-order valence-electron chi connectivity index (χ3n) is 3.70. The largest absolute Gasteiger partial charge is 0.307 e. The van der Waals surface area contributed by atoms with Crippen LogP contribution in [0.3, 0.4) is 0 Å². The van der Waals surface area contributed by atoms with Gasteiger partial charge < -0.3 is 5.32 Å². The number of halogens is 1. The number of hydrogen-bond acceptors (Lipinski definition) is 3. The third-order valence-corrected chi connectivity index (χ3v) is 4.03. The first kappa shape index (κ1) is 16.1. The van der Waals surface area contributed by atoms with E-state index in [1.54, 1.807) is 30.7 Å². The SMILES string of the molecule is Cc1ccc(Cl)c(-c2ccc(NC(=O)c3ccncc3C)nc2)c1. The van der Waals surface area contributed by atoms with Crippen molar-refractivity contribution < 1.29 is 4.79 Å². The summed E-state index contributed by atoms with van der Waals surface area (Å²) in [6.45, 7) is 3.86. The zero-order valence-electron chi connectivity index (χ0n) is 13.4. The molecule has 4 nitrogen and oxygen atoms in total. The van der Waals surface area contributed by atoms with Gasteiger partial charge in [-0.3, -0.25) is 9.78 Å². The zero-order chi connectivity index (χ0) is 17.1. The van der Waals surface area contributed by atoms with Gasteiger partial charge in [0, 0.05) is 40.3 Å². The molecule has 0 aliphatic heterocycles. The van der Waals surface area contributed by atoms with E-state index in [4.69, 9.17) is 11.6 Å². The molecule has 5 heteroatoms. The number of anilines is 1. The molecular formula is C19H16ClN3O. The normalized spacial score (nSPS) is 10.5. The molecule has 2 heterocycles. The number of aryl methyl sites for hydroxylation is 2. The van der Waals surface area contributed by atoms with Gasteiger partial charge in [-0.25, -0.2) is 4.98 Å². The molecule has 0 saturated carbocycles. The molecule has 0 atom stereocenters. The Morgan fingerprint density at radius 1 is 1.08 bits per heavy atom. The minimum absolute atomic E-state index is 0.205. The molecule has 0 saturated heterocycles. The Morgan fingerprint density at radius 2 is 1.92 bits per heavy atom. The van der Waals surface area contributed by atoms with E-state index < -0.39 is 0 Å². The Hall–Kier alpha value is -2.72. The summed E-state index contributed by atoms with van der Waals surface area (Å²) in [6.07, 6.45) is 4.96. The Morgan fingerprint density at radius 3 is 2.62 bits per heavy atom. The summed E-state index contributed by atoms with van der Waals surface area (Å²) in [5, 5.41) is 3.47. The van der Waals surface area contributed by atoms with E-state index in [0.717, 1.165) is 22.3 Å². The number of rotatable bonds is 3. The van der Waals surface area contributed by atoms with Crippen LogP contribution in [-0.4, -0.2) is 15.9 Å². The topological polar surface area (TPSA) is 54.9 Å². The van der Waals surface area contributed by atoms with Crippen molar-refractivity contribution in [2.75, 3.05) is 5.32 Å². The first-order valence-corrected chi connectivity index (χ1v) is 7.87. The molecule has 0 aliphatic rings. The van der Waals surface area contributed by atoms with E-state index in [1.165, 1.54) is 0 Å². The van der Waals surface area contributed by atoms with Gasteiger partial charge in [-0.2, -0.15) is 0 Å². The fourth-order valence-corrected chi connectivity index (χ4v) is 2.63. The highest BCUT2D eigenvalue weighted by Gasteiger charge is 2.10. The van der Waals surface area contributed by atoms with Crippen molar-refractivity contribution in [1.82, 2.24) is 9.97 Å². The van der Waals surface area contributed by atoms with Crippen LogP contribution < -0.4 is 5.32 Å². The molecule has 0 fully saturated rings. The van der Waals surface area contributed by atoms with Crippen molar-refractivity contribution >= 4 is 23.3 Å². The number of amides is 1. The van der Waals surface area contributed by atoms with Gasteiger partial charge in [-0.1, -0.05) is 23.2 Å². The van der Waals surface area contributed by atoms with Crippen LogP contribution in [0.4, 0.5) is 5.82 Å². The summed E-state index contributed by atoms with van der Waals surface area (Å²) in [6, 6.07) is 11.2. The summed E-state index contributed by atoms with van der Waals surface area (Å²) >= 11 is 6.25. The van der Waals surface area contributed by atoms with Crippen LogP contribution in [-0.2, 0) is 0 Å². The predicted octanol–water partition coefficient (Wildman–Crippen LogP) is 4.67. The van der Waals surface area contributed by atoms with Crippen LogP contribution in [0.2, 0.25) is 5.02 Å². The molecule has 1 amide bonds. The molecule has 24 heavy (non-hydrogen) atoms. The average molecular weight is 338 g/mol. The lowest BCUT2D eigenvalue weighted by Gasteiger charge is -2.09. The predicted molar refractivity (Wildman–Crippen MR) is 96.3 cm³/mol. The average Bonchev–Trinajstić information content (AvgIpc) is 2.58. The summed E-state index contributed by atoms with van der Waals surface area (Å²) in [7, 11) is 0. The van der Waals surface area contributed by atoms with Crippen molar-refractivity contribution in [3.8, 4) is 11.1 Å². The van der Waals surface area contributed by atoms with E-state index in [0.29, 0.717) is 16.4 Å².